The van der Waals surface area contributed by atoms with Gasteiger partial charge in [-0.15, -0.1) is 0 Å². The second kappa shape index (κ2) is 5.52. The fourth-order valence-corrected chi connectivity index (χ4v) is 3.59. The summed E-state index contributed by atoms with van der Waals surface area (Å²) in [7, 11) is 1.58. The maximum atomic E-state index is 12.8. The Morgan fingerprint density at radius 2 is 2.25 bits per heavy atom. The van der Waals surface area contributed by atoms with Gasteiger partial charge in [0, 0.05) is 18.7 Å². The molecule has 4 nitrogen and oxygen atoms in total. The molecule has 2 fully saturated rings. The summed E-state index contributed by atoms with van der Waals surface area (Å²) in [6.45, 7) is 0.698. The number of ether oxygens (including phenoxy) is 2. The van der Waals surface area contributed by atoms with Gasteiger partial charge in [-0.1, -0.05) is 12.8 Å². The highest BCUT2D eigenvalue weighted by Gasteiger charge is 2.42. The Bertz CT molecular complexity index is 494. The van der Waals surface area contributed by atoms with E-state index in [-0.39, 0.29) is 17.3 Å². The first-order chi connectivity index (χ1) is 9.74. The number of carbonyl (C=O) groups excluding carboxylic acids is 1. The van der Waals surface area contributed by atoms with Crippen molar-refractivity contribution in [3.8, 4) is 5.75 Å². The van der Waals surface area contributed by atoms with E-state index < -0.39 is 0 Å². The summed E-state index contributed by atoms with van der Waals surface area (Å²) >= 11 is 0. The Labute approximate surface area is 119 Å². The Morgan fingerprint density at radius 3 is 3.00 bits per heavy atom. The number of methoxy groups -OCH3 is 1. The van der Waals surface area contributed by atoms with Gasteiger partial charge in [-0.05, 0) is 31.7 Å². The Balaban J connectivity index is 1.79. The number of ketones is 1. The van der Waals surface area contributed by atoms with E-state index in [4.69, 9.17) is 9.47 Å². The number of carbonyl (C=O) groups is 1. The van der Waals surface area contributed by atoms with Crippen molar-refractivity contribution < 1.29 is 14.3 Å². The first-order valence-corrected chi connectivity index (χ1v) is 7.40. The summed E-state index contributed by atoms with van der Waals surface area (Å²) < 4.78 is 11.3. The maximum absolute atomic E-state index is 12.8. The number of rotatable bonds is 3. The lowest BCUT2D eigenvalue weighted by Gasteiger charge is -2.37. The van der Waals surface area contributed by atoms with Gasteiger partial charge >= 0.3 is 0 Å². The lowest BCUT2D eigenvalue weighted by Crippen LogP contribution is -2.39. The van der Waals surface area contributed by atoms with Crippen LogP contribution in [0.2, 0.25) is 0 Å². The molecule has 0 N–H and O–H groups in total. The molecule has 1 saturated heterocycles. The van der Waals surface area contributed by atoms with Crippen molar-refractivity contribution in [3.05, 3.63) is 24.0 Å². The molecular weight excluding hydrogens is 254 g/mol. The minimum absolute atomic E-state index is 0.0289. The van der Waals surface area contributed by atoms with Crippen molar-refractivity contribution in [1.82, 2.24) is 4.98 Å². The molecule has 0 amide bonds. The van der Waals surface area contributed by atoms with Crippen LogP contribution in [-0.4, -0.2) is 30.1 Å². The molecule has 2 aliphatic rings. The Morgan fingerprint density at radius 1 is 1.45 bits per heavy atom. The minimum atomic E-state index is -0.0289. The number of pyridine rings is 1. The summed E-state index contributed by atoms with van der Waals surface area (Å²) in [5.41, 5.74) is 0.626. The van der Waals surface area contributed by atoms with Crippen molar-refractivity contribution in [2.24, 2.45) is 5.92 Å². The highest BCUT2D eigenvalue weighted by molar-refractivity contribution is 6.00. The van der Waals surface area contributed by atoms with E-state index in [0.29, 0.717) is 17.9 Å². The zero-order valence-electron chi connectivity index (χ0n) is 11.9. The van der Waals surface area contributed by atoms with Crippen LogP contribution < -0.4 is 4.74 Å². The quantitative estimate of drug-likeness (QED) is 0.796. The summed E-state index contributed by atoms with van der Waals surface area (Å²) in [6, 6.07) is 1.76. The third-order valence-electron chi connectivity index (χ3n) is 4.65. The molecule has 4 heteroatoms. The van der Waals surface area contributed by atoms with Crippen LogP contribution in [0.5, 0.6) is 5.75 Å². The molecule has 1 aromatic heterocycles. The fraction of sp³-hybridized carbons (Fsp3) is 0.625. The molecule has 0 bridgehead atoms. The third-order valence-corrected chi connectivity index (χ3v) is 4.65. The second-order valence-electron chi connectivity index (χ2n) is 5.87. The van der Waals surface area contributed by atoms with Gasteiger partial charge in [0.2, 0.25) is 0 Å². The molecule has 108 valence electrons. The molecular formula is C16H21NO3. The van der Waals surface area contributed by atoms with Crippen LogP contribution in [0.4, 0.5) is 0 Å². The van der Waals surface area contributed by atoms with Crippen LogP contribution >= 0.6 is 0 Å². The Kier molecular flexibility index (Phi) is 3.74. The number of aromatic nitrogens is 1. The van der Waals surface area contributed by atoms with E-state index in [1.165, 1.54) is 12.8 Å². The van der Waals surface area contributed by atoms with Gasteiger partial charge in [0.15, 0.2) is 5.78 Å². The molecule has 1 saturated carbocycles. The predicted molar refractivity (Wildman–Crippen MR) is 75.0 cm³/mol. The average Bonchev–Trinajstić information content (AvgIpc) is 2.94. The highest BCUT2D eigenvalue weighted by atomic mass is 16.5. The van der Waals surface area contributed by atoms with E-state index in [2.05, 4.69) is 4.98 Å². The first-order valence-electron chi connectivity index (χ1n) is 7.40. The third kappa shape index (κ3) is 2.44. The molecule has 1 atom stereocenters. The monoisotopic (exact) mass is 275 g/mol. The minimum Gasteiger partial charge on any atom is -0.494 e. The molecule has 2 heterocycles. The van der Waals surface area contributed by atoms with Crippen LogP contribution in [0, 0.1) is 5.92 Å². The van der Waals surface area contributed by atoms with Gasteiger partial charge in [0.05, 0.1) is 24.5 Å². The predicted octanol–water partition coefficient (Wildman–Crippen LogP) is 3.01. The standard InChI is InChI=1S/C16H21NO3/c1-19-14-11-17-8-4-13(14)15(18)12-5-9-20-16(10-12)6-2-3-7-16/h4,8,11-12H,2-3,5-7,9-10H2,1H3. The van der Waals surface area contributed by atoms with Crippen LogP contribution in [-0.2, 0) is 4.74 Å². The molecule has 0 radical (unpaired) electrons. The van der Waals surface area contributed by atoms with Gasteiger partial charge in [0.25, 0.3) is 0 Å². The molecule has 1 aliphatic carbocycles. The summed E-state index contributed by atoms with van der Waals surface area (Å²) in [5.74, 6) is 0.807. The van der Waals surface area contributed by atoms with Gasteiger partial charge in [0.1, 0.15) is 5.75 Å². The van der Waals surface area contributed by atoms with Crippen molar-refractivity contribution in [3.63, 3.8) is 0 Å². The van der Waals surface area contributed by atoms with Crippen LogP contribution in [0.1, 0.15) is 48.9 Å². The number of hydrogen-bond acceptors (Lipinski definition) is 4. The molecule has 1 aliphatic heterocycles. The molecule has 20 heavy (non-hydrogen) atoms. The molecule has 0 aromatic carbocycles. The topological polar surface area (TPSA) is 48.4 Å². The Hall–Kier alpha value is -1.42. The molecule has 1 aromatic rings. The van der Waals surface area contributed by atoms with E-state index in [1.54, 1.807) is 25.6 Å². The average molecular weight is 275 g/mol. The van der Waals surface area contributed by atoms with Gasteiger partial charge in [-0.3, -0.25) is 9.78 Å². The first kappa shape index (κ1) is 13.6. The smallest absolute Gasteiger partial charge is 0.169 e. The van der Waals surface area contributed by atoms with E-state index in [9.17, 15) is 4.79 Å². The van der Waals surface area contributed by atoms with Gasteiger partial charge in [-0.25, -0.2) is 0 Å². The maximum Gasteiger partial charge on any atom is 0.169 e. The van der Waals surface area contributed by atoms with Crippen LogP contribution in [0.25, 0.3) is 0 Å². The zero-order chi connectivity index (χ0) is 14.0. The van der Waals surface area contributed by atoms with Crippen LogP contribution in [0.15, 0.2) is 18.5 Å². The SMILES string of the molecule is COc1cnccc1C(=O)C1CCOC2(CCCC2)C1. The molecule has 1 unspecified atom stereocenters. The summed E-state index contributed by atoms with van der Waals surface area (Å²) in [6.07, 6.45) is 9.58. The van der Waals surface area contributed by atoms with Gasteiger partial charge < -0.3 is 9.47 Å². The summed E-state index contributed by atoms with van der Waals surface area (Å²) in [5, 5.41) is 0. The lowest BCUT2D eigenvalue weighted by molar-refractivity contribution is -0.0866. The van der Waals surface area contributed by atoms with Crippen molar-refractivity contribution >= 4 is 5.78 Å². The second-order valence-corrected chi connectivity index (χ2v) is 5.87. The van der Waals surface area contributed by atoms with Gasteiger partial charge in [-0.2, -0.15) is 0 Å². The normalized spacial score (nSPS) is 24.8. The lowest BCUT2D eigenvalue weighted by atomic mass is 9.80. The van der Waals surface area contributed by atoms with Crippen molar-refractivity contribution in [2.45, 2.75) is 44.1 Å². The largest absolute Gasteiger partial charge is 0.494 e. The van der Waals surface area contributed by atoms with E-state index >= 15 is 0 Å². The zero-order valence-corrected chi connectivity index (χ0v) is 11.9. The molecule has 3 rings (SSSR count). The van der Waals surface area contributed by atoms with E-state index in [1.807, 2.05) is 0 Å². The number of hydrogen-bond donors (Lipinski definition) is 0. The summed E-state index contributed by atoms with van der Waals surface area (Å²) in [4.78, 5) is 16.8. The van der Waals surface area contributed by atoms with Crippen LogP contribution in [0.3, 0.4) is 0 Å². The number of Topliss-reactive ketones (excluding diaryl/α,β-unsaturated/α-hetero) is 1. The highest BCUT2D eigenvalue weighted by Crippen LogP contribution is 2.43. The number of nitrogens with zero attached hydrogens (tertiary/aromatic N) is 1. The molecule has 1 spiro atoms. The van der Waals surface area contributed by atoms with Crippen molar-refractivity contribution in [2.75, 3.05) is 13.7 Å². The van der Waals surface area contributed by atoms with Crippen molar-refractivity contribution in [1.29, 1.82) is 0 Å². The van der Waals surface area contributed by atoms with E-state index in [0.717, 1.165) is 25.7 Å². The fourth-order valence-electron chi connectivity index (χ4n) is 3.59.